The number of aromatic nitrogens is 3. The fourth-order valence-corrected chi connectivity index (χ4v) is 3.60. The number of anilines is 2. The Hall–Kier alpha value is -3.88. The fourth-order valence-electron chi connectivity index (χ4n) is 3.13. The number of para-hydroxylation sites is 1. The van der Waals surface area contributed by atoms with Crippen molar-refractivity contribution in [2.24, 2.45) is 0 Å². The van der Waals surface area contributed by atoms with Gasteiger partial charge in [0.25, 0.3) is 0 Å². The van der Waals surface area contributed by atoms with E-state index in [1.165, 1.54) is 0 Å². The molecule has 178 valence electrons. The monoisotopic (exact) mass is 510 g/mol. The largest absolute Gasteiger partial charge is 0.497 e. The molecule has 35 heavy (non-hydrogen) atoms. The number of nitrogens with one attached hydrogen (secondary N) is 1. The quantitative estimate of drug-likeness (QED) is 0.273. The minimum atomic E-state index is -0.896. The number of carbonyl (C=O) groups is 1. The lowest BCUT2D eigenvalue weighted by atomic mass is 10.0. The van der Waals surface area contributed by atoms with Crippen molar-refractivity contribution in [3.63, 3.8) is 0 Å². The molecule has 4 aromatic rings. The topological polar surface area (TPSA) is 106 Å². The molecule has 3 aromatic carbocycles. The Kier molecular flexibility index (Phi) is 7.33. The Balaban J connectivity index is 1.70. The number of ether oxygens (including phenoxy) is 2. The van der Waals surface area contributed by atoms with Crippen LogP contribution in [-0.4, -0.2) is 33.1 Å². The van der Waals surface area contributed by atoms with Crippen LogP contribution >= 0.6 is 23.2 Å². The van der Waals surface area contributed by atoms with Crippen LogP contribution < -0.4 is 14.8 Å². The van der Waals surface area contributed by atoms with Gasteiger partial charge in [0.05, 0.1) is 23.1 Å². The molecule has 0 aliphatic heterocycles. The summed E-state index contributed by atoms with van der Waals surface area (Å²) in [7, 11) is 1.59. The Morgan fingerprint density at radius 2 is 1.60 bits per heavy atom. The second-order valence-corrected chi connectivity index (χ2v) is 8.27. The summed E-state index contributed by atoms with van der Waals surface area (Å²) in [5.41, 5.74) is 2.03. The summed E-state index contributed by atoms with van der Waals surface area (Å²) >= 11 is 12.5. The smallest absolute Gasteiger partial charge is 0.327 e. The molecule has 10 heteroatoms. The van der Waals surface area contributed by atoms with E-state index < -0.39 is 11.9 Å². The summed E-state index contributed by atoms with van der Waals surface area (Å²) in [6.07, 6.45) is 0. The van der Waals surface area contributed by atoms with Crippen LogP contribution in [0, 0.1) is 0 Å². The van der Waals surface area contributed by atoms with Gasteiger partial charge >= 0.3 is 12.0 Å². The van der Waals surface area contributed by atoms with Crippen LogP contribution in [0.4, 0.5) is 11.6 Å². The molecule has 0 spiro atoms. The third-order valence-corrected chi connectivity index (χ3v) is 5.71. The summed E-state index contributed by atoms with van der Waals surface area (Å²) in [5, 5.41) is 12.9. The molecule has 1 atom stereocenters. The molecule has 2 N–H and O–H groups in total. The molecule has 0 aliphatic rings. The number of rotatable bonds is 8. The van der Waals surface area contributed by atoms with Crippen molar-refractivity contribution in [1.29, 1.82) is 0 Å². The van der Waals surface area contributed by atoms with Crippen molar-refractivity contribution in [2.75, 3.05) is 12.4 Å². The van der Waals surface area contributed by atoms with Gasteiger partial charge in [-0.05, 0) is 61.0 Å². The van der Waals surface area contributed by atoms with Gasteiger partial charge in [0, 0.05) is 11.3 Å². The van der Waals surface area contributed by atoms with E-state index in [0.29, 0.717) is 38.4 Å². The SMILES string of the molecule is COc1ccc(-c2nc(Nc3ccc(C(C)C(=O)O)cc3)nc(Oc3c(Cl)cccc3Cl)n2)cc1. The van der Waals surface area contributed by atoms with Crippen LogP contribution in [0.1, 0.15) is 18.4 Å². The molecule has 0 saturated carbocycles. The van der Waals surface area contributed by atoms with Gasteiger partial charge in [-0.25, -0.2) is 0 Å². The van der Waals surface area contributed by atoms with Gasteiger partial charge in [0.1, 0.15) is 5.75 Å². The molecule has 0 radical (unpaired) electrons. The number of hydrogen-bond acceptors (Lipinski definition) is 7. The third kappa shape index (κ3) is 5.79. The van der Waals surface area contributed by atoms with Crippen LogP contribution in [0.3, 0.4) is 0 Å². The molecule has 0 fully saturated rings. The number of nitrogens with zero attached hydrogens (tertiary/aromatic N) is 3. The number of carboxylic acids is 1. The number of carboxylic acid groups (broad SMARTS) is 1. The molecule has 1 unspecified atom stereocenters. The van der Waals surface area contributed by atoms with Crippen molar-refractivity contribution < 1.29 is 19.4 Å². The maximum absolute atomic E-state index is 11.2. The molecule has 0 saturated heterocycles. The van der Waals surface area contributed by atoms with E-state index in [0.717, 1.165) is 0 Å². The van der Waals surface area contributed by atoms with Gasteiger partial charge in [-0.2, -0.15) is 15.0 Å². The van der Waals surface area contributed by atoms with Crippen LogP contribution in [0.15, 0.2) is 66.7 Å². The van der Waals surface area contributed by atoms with Crippen molar-refractivity contribution in [3.8, 4) is 28.9 Å². The lowest BCUT2D eigenvalue weighted by molar-refractivity contribution is -0.138. The first-order valence-electron chi connectivity index (χ1n) is 10.5. The number of benzene rings is 3. The average molecular weight is 511 g/mol. The van der Waals surface area contributed by atoms with Crippen LogP contribution in [0.5, 0.6) is 17.5 Å². The number of hydrogen-bond donors (Lipinski definition) is 2. The molecule has 1 aromatic heterocycles. The molecule has 0 bridgehead atoms. The second kappa shape index (κ2) is 10.6. The molecule has 0 amide bonds. The maximum atomic E-state index is 11.2. The highest BCUT2D eigenvalue weighted by Crippen LogP contribution is 2.35. The first-order chi connectivity index (χ1) is 16.8. The summed E-state index contributed by atoms with van der Waals surface area (Å²) in [6, 6.07) is 19.1. The van der Waals surface area contributed by atoms with E-state index in [1.807, 2.05) is 12.1 Å². The predicted octanol–water partition coefficient (Wildman–Crippen LogP) is 6.58. The lowest BCUT2D eigenvalue weighted by Crippen LogP contribution is -2.07. The zero-order valence-electron chi connectivity index (χ0n) is 18.7. The zero-order chi connectivity index (χ0) is 24.9. The highest BCUT2D eigenvalue weighted by Gasteiger charge is 2.16. The van der Waals surface area contributed by atoms with Crippen LogP contribution in [0.25, 0.3) is 11.4 Å². The van der Waals surface area contributed by atoms with Gasteiger partial charge < -0.3 is 19.9 Å². The summed E-state index contributed by atoms with van der Waals surface area (Å²) in [6.45, 7) is 1.63. The van der Waals surface area contributed by atoms with E-state index in [-0.39, 0.29) is 17.7 Å². The van der Waals surface area contributed by atoms with E-state index in [4.69, 9.17) is 32.7 Å². The van der Waals surface area contributed by atoms with Gasteiger partial charge in [-0.15, -0.1) is 0 Å². The second-order valence-electron chi connectivity index (χ2n) is 7.45. The number of methoxy groups -OCH3 is 1. The fraction of sp³-hybridized carbons (Fsp3) is 0.120. The minimum absolute atomic E-state index is 0.0144. The predicted molar refractivity (Wildman–Crippen MR) is 134 cm³/mol. The maximum Gasteiger partial charge on any atom is 0.327 e. The normalized spacial score (nSPS) is 11.5. The minimum Gasteiger partial charge on any atom is -0.497 e. The van der Waals surface area contributed by atoms with Crippen molar-refractivity contribution >= 4 is 40.8 Å². The third-order valence-electron chi connectivity index (χ3n) is 5.11. The molecular formula is C25H20Cl2N4O4. The van der Waals surface area contributed by atoms with E-state index in [2.05, 4.69) is 20.3 Å². The number of halogens is 2. The van der Waals surface area contributed by atoms with Crippen molar-refractivity contribution in [3.05, 3.63) is 82.3 Å². The highest BCUT2D eigenvalue weighted by atomic mass is 35.5. The highest BCUT2D eigenvalue weighted by molar-refractivity contribution is 6.37. The Bertz CT molecular complexity index is 1330. The lowest BCUT2D eigenvalue weighted by Gasteiger charge is -2.12. The van der Waals surface area contributed by atoms with Gasteiger partial charge in [0.15, 0.2) is 11.6 Å². The standard InChI is InChI=1S/C25H20Cl2N4O4/c1-14(23(32)33)15-6-10-17(11-7-15)28-24-29-22(16-8-12-18(34-2)13-9-16)30-25(31-24)35-21-19(26)4-3-5-20(21)27/h3-14H,1-2H3,(H,32,33)(H,28,29,30,31). The molecule has 4 rings (SSSR count). The summed E-state index contributed by atoms with van der Waals surface area (Å²) in [5.74, 6) is -0.0464. The van der Waals surface area contributed by atoms with Gasteiger partial charge in [-0.3, -0.25) is 4.79 Å². The van der Waals surface area contributed by atoms with Crippen molar-refractivity contribution in [2.45, 2.75) is 12.8 Å². The van der Waals surface area contributed by atoms with Crippen LogP contribution in [-0.2, 0) is 4.79 Å². The van der Waals surface area contributed by atoms with Gasteiger partial charge in [0.2, 0.25) is 5.95 Å². The van der Waals surface area contributed by atoms with E-state index in [1.54, 1.807) is 68.6 Å². The summed E-state index contributed by atoms with van der Waals surface area (Å²) in [4.78, 5) is 24.5. The van der Waals surface area contributed by atoms with E-state index >= 15 is 0 Å². The Labute approximate surface area is 211 Å². The zero-order valence-corrected chi connectivity index (χ0v) is 20.2. The molecule has 1 heterocycles. The average Bonchev–Trinajstić information content (AvgIpc) is 2.86. The Morgan fingerprint density at radius 1 is 0.943 bits per heavy atom. The van der Waals surface area contributed by atoms with Gasteiger partial charge in [-0.1, -0.05) is 41.4 Å². The molecule has 8 nitrogen and oxygen atoms in total. The van der Waals surface area contributed by atoms with Crippen LogP contribution in [0.2, 0.25) is 10.0 Å². The first kappa shape index (κ1) is 24.3. The first-order valence-corrected chi connectivity index (χ1v) is 11.2. The number of aliphatic carboxylic acids is 1. The molecule has 0 aliphatic carbocycles. The summed E-state index contributed by atoms with van der Waals surface area (Å²) < 4.78 is 11.1. The van der Waals surface area contributed by atoms with Crippen molar-refractivity contribution in [1.82, 2.24) is 15.0 Å². The molecular weight excluding hydrogens is 491 g/mol. The van der Waals surface area contributed by atoms with E-state index in [9.17, 15) is 9.90 Å². The Morgan fingerprint density at radius 3 is 2.20 bits per heavy atom.